The number of hydrogen-bond donors (Lipinski definition) is 0. The van der Waals surface area contributed by atoms with Gasteiger partial charge in [0.2, 0.25) is 0 Å². The Kier molecular flexibility index (Phi) is 5.38. The first-order valence-electron chi connectivity index (χ1n) is 6.28. The van der Waals surface area contributed by atoms with Gasteiger partial charge in [-0.05, 0) is 24.3 Å². The molecule has 96 valence electrons. The van der Waals surface area contributed by atoms with Crippen LogP contribution in [0.2, 0.25) is 0 Å². The highest BCUT2D eigenvalue weighted by molar-refractivity contribution is 6.18. The van der Waals surface area contributed by atoms with Gasteiger partial charge in [-0.25, -0.2) is 0 Å². The zero-order valence-corrected chi connectivity index (χ0v) is 11.1. The van der Waals surface area contributed by atoms with E-state index in [1.165, 1.54) is 0 Å². The molecule has 3 heteroatoms. The van der Waals surface area contributed by atoms with Crippen molar-refractivity contribution in [2.45, 2.75) is 25.4 Å². The average Bonchev–Trinajstić information content (AvgIpc) is 2.42. The van der Waals surface area contributed by atoms with Gasteiger partial charge in [-0.15, -0.1) is 11.6 Å². The van der Waals surface area contributed by atoms with Gasteiger partial charge in [0.05, 0.1) is 13.2 Å². The van der Waals surface area contributed by atoms with Gasteiger partial charge in [0.1, 0.15) is 11.9 Å². The van der Waals surface area contributed by atoms with Crippen LogP contribution >= 0.6 is 11.6 Å². The zero-order chi connectivity index (χ0) is 12.6. The van der Waals surface area contributed by atoms with Gasteiger partial charge in [-0.1, -0.05) is 11.8 Å². The average molecular weight is 265 g/mol. The minimum Gasteiger partial charge on any atom is -0.490 e. The number of benzene rings is 1. The fraction of sp³-hybridized carbons (Fsp3) is 0.467. The Morgan fingerprint density at radius 2 is 1.94 bits per heavy atom. The minimum absolute atomic E-state index is 0.284. The van der Waals surface area contributed by atoms with Crippen LogP contribution in [-0.2, 0) is 4.74 Å². The third-order valence-electron chi connectivity index (χ3n) is 2.78. The molecule has 0 radical (unpaired) electrons. The van der Waals surface area contributed by atoms with E-state index in [9.17, 15) is 0 Å². The second kappa shape index (κ2) is 7.31. The predicted octanol–water partition coefficient (Wildman–Crippen LogP) is 3.22. The first-order chi connectivity index (χ1) is 8.88. The molecule has 0 bridgehead atoms. The molecule has 2 rings (SSSR count). The van der Waals surface area contributed by atoms with E-state index in [4.69, 9.17) is 21.1 Å². The molecule has 18 heavy (non-hydrogen) atoms. The summed E-state index contributed by atoms with van der Waals surface area (Å²) < 4.78 is 11.2. The molecule has 0 spiro atoms. The Bertz CT molecular complexity index is 410. The second-order valence-electron chi connectivity index (χ2n) is 4.19. The van der Waals surface area contributed by atoms with E-state index in [0.717, 1.165) is 43.8 Å². The molecule has 0 N–H and O–H groups in total. The monoisotopic (exact) mass is 264 g/mol. The molecular weight excluding hydrogens is 248 g/mol. The summed E-state index contributed by atoms with van der Waals surface area (Å²) >= 11 is 5.57. The maximum atomic E-state index is 5.89. The van der Waals surface area contributed by atoms with Gasteiger partial charge in [0, 0.05) is 30.7 Å². The van der Waals surface area contributed by atoms with Crippen molar-refractivity contribution in [3.05, 3.63) is 29.8 Å². The van der Waals surface area contributed by atoms with Crippen LogP contribution in [0.4, 0.5) is 0 Å². The lowest BCUT2D eigenvalue weighted by Gasteiger charge is -2.23. The van der Waals surface area contributed by atoms with Gasteiger partial charge in [-0.3, -0.25) is 0 Å². The summed E-state index contributed by atoms with van der Waals surface area (Å²) in [5.41, 5.74) is 0.999. The zero-order valence-electron chi connectivity index (χ0n) is 10.3. The Morgan fingerprint density at radius 1 is 1.22 bits per heavy atom. The van der Waals surface area contributed by atoms with Crippen LogP contribution in [0.5, 0.6) is 5.75 Å². The minimum atomic E-state index is 0.284. The maximum Gasteiger partial charge on any atom is 0.119 e. The third kappa shape index (κ3) is 4.25. The van der Waals surface area contributed by atoms with Crippen LogP contribution < -0.4 is 4.74 Å². The molecule has 0 amide bonds. The van der Waals surface area contributed by atoms with Crippen LogP contribution in [0, 0.1) is 11.8 Å². The van der Waals surface area contributed by atoms with Crippen molar-refractivity contribution in [3.63, 3.8) is 0 Å². The van der Waals surface area contributed by atoms with Crippen molar-refractivity contribution in [2.24, 2.45) is 0 Å². The highest BCUT2D eigenvalue weighted by Crippen LogP contribution is 2.18. The van der Waals surface area contributed by atoms with Gasteiger partial charge in [0.25, 0.3) is 0 Å². The molecule has 0 aliphatic carbocycles. The van der Waals surface area contributed by atoms with Crippen molar-refractivity contribution in [3.8, 4) is 17.6 Å². The number of hydrogen-bond acceptors (Lipinski definition) is 2. The predicted molar refractivity (Wildman–Crippen MR) is 73.1 cm³/mol. The lowest BCUT2D eigenvalue weighted by Crippen LogP contribution is -2.25. The standard InChI is InChI=1S/C15H17ClO2/c16-10-2-1-3-13-4-6-14(7-5-13)18-15-8-11-17-12-9-15/h4-7,15H,2,8-12H2. The van der Waals surface area contributed by atoms with E-state index < -0.39 is 0 Å². The van der Waals surface area contributed by atoms with E-state index in [2.05, 4.69) is 11.8 Å². The topological polar surface area (TPSA) is 18.5 Å². The molecular formula is C15H17ClO2. The summed E-state index contributed by atoms with van der Waals surface area (Å²) in [6.45, 7) is 1.60. The van der Waals surface area contributed by atoms with E-state index >= 15 is 0 Å². The Balaban J connectivity index is 1.89. The van der Waals surface area contributed by atoms with Crippen molar-refractivity contribution in [1.29, 1.82) is 0 Å². The van der Waals surface area contributed by atoms with Crippen molar-refractivity contribution >= 4 is 11.6 Å². The van der Waals surface area contributed by atoms with Gasteiger partial charge in [0.15, 0.2) is 0 Å². The van der Waals surface area contributed by atoms with Crippen LogP contribution in [0.3, 0.4) is 0 Å². The molecule has 1 saturated heterocycles. The highest BCUT2D eigenvalue weighted by Gasteiger charge is 2.14. The molecule has 0 unspecified atom stereocenters. The molecule has 1 aliphatic heterocycles. The maximum absolute atomic E-state index is 5.89. The van der Waals surface area contributed by atoms with E-state index in [-0.39, 0.29) is 6.10 Å². The summed E-state index contributed by atoms with van der Waals surface area (Å²) in [6, 6.07) is 7.91. The largest absolute Gasteiger partial charge is 0.490 e. The summed E-state index contributed by atoms with van der Waals surface area (Å²) in [6.07, 6.45) is 2.95. The number of halogens is 1. The highest BCUT2D eigenvalue weighted by atomic mass is 35.5. The smallest absolute Gasteiger partial charge is 0.119 e. The lowest BCUT2D eigenvalue weighted by atomic mass is 10.1. The van der Waals surface area contributed by atoms with E-state index in [1.807, 2.05) is 24.3 Å². The molecule has 0 saturated carbocycles. The van der Waals surface area contributed by atoms with Crippen molar-refractivity contribution in [2.75, 3.05) is 19.1 Å². The number of ether oxygens (including phenoxy) is 2. The first kappa shape index (κ1) is 13.3. The van der Waals surface area contributed by atoms with Gasteiger partial charge >= 0.3 is 0 Å². The third-order valence-corrected chi connectivity index (χ3v) is 2.97. The molecule has 0 atom stereocenters. The molecule has 1 aromatic carbocycles. The van der Waals surface area contributed by atoms with Crippen LogP contribution in [0.1, 0.15) is 24.8 Å². The van der Waals surface area contributed by atoms with Crippen LogP contribution in [0.25, 0.3) is 0 Å². The van der Waals surface area contributed by atoms with E-state index in [0.29, 0.717) is 5.88 Å². The SMILES string of the molecule is ClCCC#Cc1ccc(OC2CCOCC2)cc1. The van der Waals surface area contributed by atoms with Gasteiger partial charge in [-0.2, -0.15) is 0 Å². The summed E-state index contributed by atoms with van der Waals surface area (Å²) in [7, 11) is 0. The Labute approximate surface area is 113 Å². The summed E-state index contributed by atoms with van der Waals surface area (Å²) in [5, 5.41) is 0. The Morgan fingerprint density at radius 3 is 2.61 bits per heavy atom. The number of rotatable bonds is 3. The summed E-state index contributed by atoms with van der Waals surface area (Å²) in [4.78, 5) is 0. The molecule has 1 fully saturated rings. The van der Waals surface area contributed by atoms with Crippen molar-refractivity contribution < 1.29 is 9.47 Å². The van der Waals surface area contributed by atoms with Crippen LogP contribution in [0.15, 0.2) is 24.3 Å². The molecule has 1 aliphatic rings. The van der Waals surface area contributed by atoms with Crippen molar-refractivity contribution in [1.82, 2.24) is 0 Å². The second-order valence-corrected chi connectivity index (χ2v) is 4.57. The molecule has 0 aromatic heterocycles. The number of alkyl halides is 1. The normalized spacial score (nSPS) is 15.8. The van der Waals surface area contributed by atoms with E-state index in [1.54, 1.807) is 0 Å². The fourth-order valence-corrected chi connectivity index (χ4v) is 1.91. The molecule has 2 nitrogen and oxygen atoms in total. The lowest BCUT2D eigenvalue weighted by molar-refractivity contribution is 0.0256. The fourth-order valence-electron chi connectivity index (χ4n) is 1.81. The summed E-state index contributed by atoms with van der Waals surface area (Å²) in [5.74, 6) is 7.57. The molecule has 1 heterocycles. The van der Waals surface area contributed by atoms with Gasteiger partial charge < -0.3 is 9.47 Å². The molecule has 1 aromatic rings. The van der Waals surface area contributed by atoms with Crippen LogP contribution in [-0.4, -0.2) is 25.2 Å². The Hall–Kier alpha value is -1.17. The first-order valence-corrected chi connectivity index (χ1v) is 6.81. The quantitative estimate of drug-likeness (QED) is 0.616.